The molecule has 7 N–H and O–H groups in total. The van der Waals surface area contributed by atoms with Crippen molar-refractivity contribution in [2.45, 2.75) is 106 Å². The summed E-state index contributed by atoms with van der Waals surface area (Å²) < 4.78 is 5.38. The van der Waals surface area contributed by atoms with Gasteiger partial charge in [0.15, 0.2) is 0 Å². The van der Waals surface area contributed by atoms with Crippen LogP contribution in [0.3, 0.4) is 0 Å². The van der Waals surface area contributed by atoms with Crippen LogP contribution in [0, 0.1) is 12.8 Å². The van der Waals surface area contributed by atoms with Gasteiger partial charge in [-0.15, -0.1) is 12.8 Å². The molecule has 1 aliphatic carbocycles. The highest BCUT2D eigenvalue weighted by Gasteiger charge is 2.24. The number of allylic oxidation sites excluding steroid dienone is 1. The van der Waals surface area contributed by atoms with E-state index < -0.39 is 12.1 Å². The Balaban J connectivity index is 0. The molecule has 0 bridgehead atoms. The summed E-state index contributed by atoms with van der Waals surface area (Å²) in [6.07, 6.45) is 14.0. The third kappa shape index (κ3) is 20.1. The summed E-state index contributed by atoms with van der Waals surface area (Å²) in [4.78, 5) is 36.5. The van der Waals surface area contributed by atoms with E-state index in [1.54, 1.807) is 6.07 Å². The number of aliphatic hydroxyl groups excluding tert-OH is 1. The molecule has 0 aromatic heterocycles. The molecular formula is C33H57N5O5. The summed E-state index contributed by atoms with van der Waals surface area (Å²) in [5, 5.41) is 21.3. The molecule has 1 aromatic rings. The highest BCUT2D eigenvalue weighted by atomic mass is 16.5. The second-order valence-electron chi connectivity index (χ2n) is 9.54. The Kier molecular flexibility index (Phi) is 26.4. The van der Waals surface area contributed by atoms with Crippen molar-refractivity contribution in [3.63, 3.8) is 0 Å². The zero-order valence-electron chi connectivity index (χ0n) is 27.3. The highest BCUT2D eigenvalue weighted by molar-refractivity contribution is 5.95. The van der Waals surface area contributed by atoms with Crippen LogP contribution in [0.15, 0.2) is 29.5 Å². The summed E-state index contributed by atoms with van der Waals surface area (Å²) in [5.41, 5.74) is 9.64. The minimum atomic E-state index is -0.605. The highest BCUT2D eigenvalue weighted by Crippen LogP contribution is 2.30. The third-order valence-corrected chi connectivity index (χ3v) is 5.87. The molecule has 1 fully saturated rings. The van der Waals surface area contributed by atoms with Crippen molar-refractivity contribution in [2.75, 3.05) is 31.6 Å². The Hall–Kier alpha value is -3.55. The van der Waals surface area contributed by atoms with Gasteiger partial charge in [0.25, 0.3) is 0 Å². The number of terminal acetylenes is 1. The minimum Gasteiger partial charge on any atom is -0.392 e. The van der Waals surface area contributed by atoms with Gasteiger partial charge < -0.3 is 36.8 Å². The van der Waals surface area contributed by atoms with Gasteiger partial charge in [-0.05, 0) is 67.4 Å². The number of carbonyl (C=O) groups is 3. The average Bonchev–Trinajstić information content (AvgIpc) is 3.86. The maximum absolute atomic E-state index is 13.3. The van der Waals surface area contributed by atoms with Gasteiger partial charge in [0, 0.05) is 31.0 Å². The average molecular weight is 604 g/mol. The molecule has 43 heavy (non-hydrogen) atoms. The van der Waals surface area contributed by atoms with Crippen molar-refractivity contribution in [2.24, 2.45) is 5.73 Å². The van der Waals surface area contributed by atoms with Gasteiger partial charge in [0.1, 0.15) is 6.04 Å². The summed E-state index contributed by atoms with van der Waals surface area (Å²) in [6, 6.07) is 4.28. The van der Waals surface area contributed by atoms with Crippen LogP contribution in [0.1, 0.15) is 97.6 Å². The first-order valence-corrected chi connectivity index (χ1v) is 15.5. The van der Waals surface area contributed by atoms with Gasteiger partial charge in [-0.25, -0.2) is 4.79 Å². The predicted molar refractivity (Wildman–Crippen MR) is 176 cm³/mol. The van der Waals surface area contributed by atoms with Crippen molar-refractivity contribution in [1.82, 2.24) is 16.0 Å². The third-order valence-electron chi connectivity index (χ3n) is 5.87. The van der Waals surface area contributed by atoms with Gasteiger partial charge in [-0.2, -0.15) is 0 Å². The van der Waals surface area contributed by atoms with Crippen LogP contribution in [0.25, 0.3) is 0 Å². The molecule has 2 rings (SSSR count). The van der Waals surface area contributed by atoms with E-state index >= 15 is 0 Å². The molecule has 0 radical (unpaired) electrons. The number of rotatable bonds is 17. The molecular weight excluding hydrogens is 546 g/mol. The largest absolute Gasteiger partial charge is 0.392 e. The van der Waals surface area contributed by atoms with Crippen LogP contribution < -0.4 is 27.0 Å². The number of urea groups is 1. The molecule has 1 aromatic carbocycles. The van der Waals surface area contributed by atoms with E-state index in [1.165, 1.54) is 12.0 Å². The number of hydrogen-bond donors (Lipinski definition) is 6. The quantitative estimate of drug-likeness (QED) is 0.111. The molecule has 0 heterocycles. The molecule has 1 saturated carbocycles. The van der Waals surface area contributed by atoms with Crippen molar-refractivity contribution >= 4 is 23.5 Å². The fourth-order valence-corrected chi connectivity index (χ4v) is 3.74. The number of carbonyl (C=O) groups excluding carboxylic acids is 3. The molecule has 1 atom stereocenters. The van der Waals surface area contributed by atoms with E-state index in [2.05, 4.69) is 48.0 Å². The first kappa shape index (κ1) is 41.6. The van der Waals surface area contributed by atoms with Gasteiger partial charge in [0.2, 0.25) is 11.8 Å². The molecule has 244 valence electrons. The molecule has 10 heteroatoms. The van der Waals surface area contributed by atoms with Gasteiger partial charge in [-0.3, -0.25) is 9.59 Å². The number of aliphatic hydroxyl groups is 1. The van der Waals surface area contributed by atoms with Crippen LogP contribution in [0.2, 0.25) is 0 Å². The normalized spacial score (nSPS) is 11.5. The van der Waals surface area contributed by atoms with Crippen LogP contribution in [0.4, 0.5) is 10.5 Å². The smallest absolute Gasteiger partial charge is 0.312 e. The summed E-state index contributed by atoms with van der Waals surface area (Å²) >= 11 is 0. The minimum absolute atomic E-state index is 0.0537. The maximum atomic E-state index is 13.3. The molecule has 4 amide bonds. The van der Waals surface area contributed by atoms with E-state index in [4.69, 9.17) is 10.5 Å². The van der Waals surface area contributed by atoms with Crippen molar-refractivity contribution in [3.8, 4) is 12.8 Å². The Bertz CT molecular complexity index is 972. The Morgan fingerprint density at radius 2 is 1.67 bits per heavy atom. The SMILES string of the molecule is C#C.CC.CCC.CCCOCCC(=O)NCC(N[C@@H](CCCNC(N)=O)C(=O)Nc1ccc(CO)c(CC)c1)=C1CC1. The van der Waals surface area contributed by atoms with E-state index in [-0.39, 0.29) is 24.8 Å². The van der Waals surface area contributed by atoms with Crippen LogP contribution in [-0.2, 0) is 27.4 Å². The van der Waals surface area contributed by atoms with Gasteiger partial charge in [0.05, 0.1) is 19.8 Å². The molecule has 0 unspecified atom stereocenters. The van der Waals surface area contributed by atoms with Crippen molar-refractivity contribution in [1.29, 1.82) is 0 Å². The number of aryl methyl sites for hydroxylation is 1. The Morgan fingerprint density at radius 1 is 1.02 bits per heavy atom. The monoisotopic (exact) mass is 603 g/mol. The predicted octanol–water partition coefficient (Wildman–Crippen LogP) is 4.76. The van der Waals surface area contributed by atoms with E-state index in [0.29, 0.717) is 44.8 Å². The zero-order chi connectivity index (χ0) is 33.0. The second kappa shape index (κ2) is 27.3. The Morgan fingerprint density at radius 3 is 2.21 bits per heavy atom. The number of anilines is 1. The molecule has 0 saturated heterocycles. The number of ether oxygens (including phenoxy) is 1. The lowest BCUT2D eigenvalue weighted by molar-refractivity contribution is -0.122. The first-order chi connectivity index (χ1) is 20.8. The molecule has 0 aliphatic heterocycles. The maximum Gasteiger partial charge on any atom is 0.312 e. The lowest BCUT2D eigenvalue weighted by atomic mass is 10.0. The number of hydrogen-bond acceptors (Lipinski definition) is 6. The van der Waals surface area contributed by atoms with E-state index in [9.17, 15) is 19.5 Å². The van der Waals surface area contributed by atoms with Crippen LogP contribution in [0.5, 0.6) is 0 Å². The Labute approximate surface area is 260 Å². The molecule has 0 spiro atoms. The second-order valence-corrected chi connectivity index (χ2v) is 9.54. The van der Waals surface area contributed by atoms with Gasteiger partial charge in [-0.1, -0.05) is 54.0 Å². The van der Waals surface area contributed by atoms with Crippen molar-refractivity contribution in [3.05, 3.63) is 40.6 Å². The fraction of sp³-hybridized carbons (Fsp3) is 0.606. The molecule has 10 nitrogen and oxygen atoms in total. The zero-order valence-corrected chi connectivity index (χ0v) is 27.3. The lowest BCUT2D eigenvalue weighted by Gasteiger charge is -2.22. The standard InChI is InChI=1S/C26H41N5O5.C3H8.C2H6.C2H2/c1-3-13-36-14-11-24(33)29-16-23(19-7-8-19)31-22(6-5-12-28-26(27)35)25(34)30-21-10-9-20(17-32)18(4-2)15-21;1-3-2;2*1-2/h9-10,15,22,31-32H,3-8,11-14,16-17H2,1-2H3,(H,29,33)(H,30,34)(H3,27,28,35);3H2,1-2H3;1-2H3;1-2H/t22-;;;/m0.../s1. The van der Waals surface area contributed by atoms with Crippen LogP contribution in [-0.4, -0.2) is 55.3 Å². The lowest BCUT2D eigenvalue weighted by Crippen LogP contribution is -2.43. The summed E-state index contributed by atoms with van der Waals surface area (Å²) in [6.45, 7) is 13.9. The number of nitrogens with two attached hydrogens (primary N) is 1. The number of primary amides is 1. The van der Waals surface area contributed by atoms with E-state index in [1.807, 2.05) is 39.8 Å². The number of nitrogens with one attached hydrogen (secondary N) is 4. The number of amides is 4. The fourth-order valence-electron chi connectivity index (χ4n) is 3.74. The van der Waals surface area contributed by atoms with Crippen molar-refractivity contribution < 1.29 is 24.2 Å². The topological polar surface area (TPSA) is 155 Å². The number of benzene rings is 1. The summed E-state index contributed by atoms with van der Waals surface area (Å²) in [5.74, 6) is -0.319. The summed E-state index contributed by atoms with van der Waals surface area (Å²) in [7, 11) is 0. The molecule has 1 aliphatic rings. The van der Waals surface area contributed by atoms with Crippen LogP contribution >= 0.6 is 0 Å². The van der Waals surface area contributed by atoms with E-state index in [0.717, 1.165) is 42.5 Å². The first-order valence-electron chi connectivity index (χ1n) is 15.5. The van der Waals surface area contributed by atoms with Gasteiger partial charge >= 0.3 is 6.03 Å².